The molecule has 1 aromatic heterocycles. The van der Waals surface area contributed by atoms with E-state index < -0.39 is 15.9 Å². The van der Waals surface area contributed by atoms with Crippen LogP contribution >= 0.6 is 0 Å². The first-order chi connectivity index (χ1) is 11.8. The van der Waals surface area contributed by atoms with Gasteiger partial charge in [-0.05, 0) is 49.7 Å². The topological polar surface area (TPSA) is 97.4 Å². The smallest absolute Gasteiger partial charge is 0.255 e. The molecule has 1 amide bonds. The van der Waals surface area contributed by atoms with Gasteiger partial charge in [0.15, 0.2) is 0 Å². The van der Waals surface area contributed by atoms with Gasteiger partial charge < -0.3 is 10.1 Å². The first kappa shape index (κ1) is 18.9. The highest BCUT2D eigenvalue weighted by Gasteiger charge is 2.20. The van der Waals surface area contributed by atoms with Crippen LogP contribution in [0.5, 0.6) is 5.75 Å². The quantitative estimate of drug-likeness (QED) is 0.780. The number of pyridine rings is 1. The summed E-state index contributed by atoms with van der Waals surface area (Å²) in [4.78, 5) is 16.2. The number of hydrogen-bond donors (Lipinski definition) is 2. The first-order valence-corrected chi connectivity index (χ1v) is 9.19. The molecule has 0 fully saturated rings. The molecule has 0 spiro atoms. The lowest BCUT2D eigenvalue weighted by Crippen LogP contribution is -2.31. The number of benzene rings is 1. The third-order valence-electron chi connectivity index (χ3n) is 3.36. The van der Waals surface area contributed by atoms with Crippen molar-refractivity contribution in [2.24, 2.45) is 0 Å². The maximum atomic E-state index is 12.5. The molecule has 0 saturated carbocycles. The summed E-state index contributed by atoms with van der Waals surface area (Å²) in [6.07, 6.45) is 3.18. The highest BCUT2D eigenvalue weighted by Crippen LogP contribution is 2.22. The Morgan fingerprint density at radius 1 is 1.20 bits per heavy atom. The van der Waals surface area contributed by atoms with Gasteiger partial charge in [-0.3, -0.25) is 9.78 Å². The minimum Gasteiger partial charge on any atom is -0.496 e. The van der Waals surface area contributed by atoms with E-state index in [1.165, 1.54) is 25.3 Å². The molecule has 0 aliphatic heterocycles. The van der Waals surface area contributed by atoms with Crippen molar-refractivity contribution in [2.75, 3.05) is 7.11 Å². The van der Waals surface area contributed by atoms with E-state index >= 15 is 0 Å². The SMILES string of the molecule is COc1ccc(S(=O)(=O)NCc2ccncc2)cc1C(=O)NC(C)C. The van der Waals surface area contributed by atoms with Gasteiger partial charge >= 0.3 is 0 Å². The van der Waals surface area contributed by atoms with Gasteiger partial charge in [0.1, 0.15) is 5.75 Å². The molecule has 1 aromatic carbocycles. The summed E-state index contributed by atoms with van der Waals surface area (Å²) in [5.41, 5.74) is 0.952. The molecule has 2 rings (SSSR count). The van der Waals surface area contributed by atoms with Crippen molar-refractivity contribution < 1.29 is 17.9 Å². The molecule has 134 valence electrons. The number of aromatic nitrogens is 1. The molecule has 7 nitrogen and oxygen atoms in total. The monoisotopic (exact) mass is 363 g/mol. The number of carbonyl (C=O) groups excluding carboxylic acids is 1. The predicted molar refractivity (Wildman–Crippen MR) is 93.9 cm³/mol. The minimum absolute atomic E-state index is 0.00346. The van der Waals surface area contributed by atoms with Gasteiger partial charge in [0.05, 0.1) is 17.6 Å². The lowest BCUT2D eigenvalue weighted by Gasteiger charge is -2.13. The molecule has 25 heavy (non-hydrogen) atoms. The molecule has 0 aliphatic rings. The number of nitrogens with zero attached hydrogens (tertiary/aromatic N) is 1. The fraction of sp³-hybridized carbons (Fsp3) is 0.294. The van der Waals surface area contributed by atoms with Crippen LogP contribution in [-0.2, 0) is 16.6 Å². The van der Waals surface area contributed by atoms with E-state index in [4.69, 9.17) is 4.74 Å². The Morgan fingerprint density at radius 3 is 2.48 bits per heavy atom. The van der Waals surface area contributed by atoms with Crippen LogP contribution in [0.25, 0.3) is 0 Å². The average molecular weight is 363 g/mol. The van der Waals surface area contributed by atoms with Gasteiger partial charge in [-0.2, -0.15) is 0 Å². The molecule has 8 heteroatoms. The Labute approximate surface area is 147 Å². The second-order valence-corrected chi connectivity index (χ2v) is 7.44. The summed E-state index contributed by atoms with van der Waals surface area (Å²) in [6.45, 7) is 3.77. The Bertz CT molecular complexity index is 836. The van der Waals surface area contributed by atoms with Crippen molar-refractivity contribution in [3.05, 3.63) is 53.9 Å². The number of nitrogens with one attached hydrogen (secondary N) is 2. The molecule has 0 bridgehead atoms. The number of methoxy groups -OCH3 is 1. The van der Waals surface area contributed by atoms with Crippen LogP contribution in [0.1, 0.15) is 29.8 Å². The first-order valence-electron chi connectivity index (χ1n) is 7.71. The van der Waals surface area contributed by atoms with Crippen LogP contribution in [0, 0.1) is 0 Å². The van der Waals surface area contributed by atoms with Crippen molar-refractivity contribution in [1.29, 1.82) is 0 Å². The third kappa shape index (κ3) is 5.01. The summed E-state index contributed by atoms with van der Waals surface area (Å²) >= 11 is 0. The highest BCUT2D eigenvalue weighted by atomic mass is 32.2. The Hall–Kier alpha value is -2.45. The van der Waals surface area contributed by atoms with E-state index in [0.717, 1.165) is 5.56 Å². The highest BCUT2D eigenvalue weighted by molar-refractivity contribution is 7.89. The zero-order valence-electron chi connectivity index (χ0n) is 14.3. The Kier molecular flexibility index (Phi) is 6.11. The molecule has 0 aliphatic carbocycles. The summed E-state index contributed by atoms with van der Waals surface area (Å²) in [6, 6.07) is 7.54. The summed E-state index contributed by atoms with van der Waals surface area (Å²) in [5.74, 6) is -0.0794. The van der Waals surface area contributed by atoms with Gasteiger partial charge in [-0.15, -0.1) is 0 Å². The van der Waals surface area contributed by atoms with E-state index in [2.05, 4.69) is 15.0 Å². The second-order valence-electron chi connectivity index (χ2n) is 5.67. The molecule has 0 unspecified atom stereocenters. The largest absolute Gasteiger partial charge is 0.496 e. The van der Waals surface area contributed by atoms with Gasteiger partial charge in [0, 0.05) is 25.0 Å². The van der Waals surface area contributed by atoms with Crippen LogP contribution in [-0.4, -0.2) is 32.5 Å². The second kappa shape index (κ2) is 8.09. The zero-order chi connectivity index (χ0) is 18.4. The van der Waals surface area contributed by atoms with Crippen LogP contribution in [0.15, 0.2) is 47.6 Å². The lowest BCUT2D eigenvalue weighted by atomic mass is 10.2. The van der Waals surface area contributed by atoms with E-state index in [0.29, 0.717) is 5.75 Å². The molecule has 0 atom stereocenters. The van der Waals surface area contributed by atoms with Crippen molar-refractivity contribution in [1.82, 2.24) is 15.0 Å². The number of rotatable bonds is 7. The number of carbonyl (C=O) groups is 1. The van der Waals surface area contributed by atoms with Gasteiger partial charge in [0.2, 0.25) is 10.0 Å². The van der Waals surface area contributed by atoms with Crippen LogP contribution < -0.4 is 14.8 Å². The van der Waals surface area contributed by atoms with Crippen molar-refractivity contribution in [3.8, 4) is 5.75 Å². The van der Waals surface area contributed by atoms with Crippen LogP contribution in [0.3, 0.4) is 0 Å². The summed E-state index contributed by atoms with van der Waals surface area (Å²) in [5, 5.41) is 2.73. The normalized spacial score (nSPS) is 11.4. The van der Waals surface area contributed by atoms with Gasteiger partial charge in [0.25, 0.3) is 5.91 Å². The molecular weight excluding hydrogens is 342 g/mol. The molecular formula is C17H21N3O4S. The third-order valence-corrected chi connectivity index (χ3v) is 4.76. The van der Waals surface area contributed by atoms with E-state index in [-0.39, 0.29) is 23.0 Å². The van der Waals surface area contributed by atoms with E-state index in [1.807, 2.05) is 13.8 Å². The predicted octanol–water partition coefficient (Wildman–Crippen LogP) is 1.71. The van der Waals surface area contributed by atoms with Crippen molar-refractivity contribution >= 4 is 15.9 Å². The zero-order valence-corrected chi connectivity index (χ0v) is 15.1. The number of amides is 1. The maximum Gasteiger partial charge on any atom is 0.255 e. The molecule has 2 N–H and O–H groups in total. The Balaban J connectivity index is 2.26. The standard InChI is InChI=1S/C17H21N3O4S/c1-12(2)20-17(21)15-10-14(4-5-16(15)24-3)25(22,23)19-11-13-6-8-18-9-7-13/h4-10,12,19H,11H2,1-3H3,(H,20,21). The van der Waals surface area contributed by atoms with Gasteiger partial charge in [-0.1, -0.05) is 0 Å². The maximum absolute atomic E-state index is 12.5. The van der Waals surface area contributed by atoms with Crippen molar-refractivity contribution in [3.63, 3.8) is 0 Å². The number of hydrogen-bond acceptors (Lipinski definition) is 5. The molecule has 1 heterocycles. The fourth-order valence-corrected chi connectivity index (χ4v) is 3.18. The van der Waals surface area contributed by atoms with Gasteiger partial charge in [-0.25, -0.2) is 13.1 Å². The van der Waals surface area contributed by atoms with Crippen LogP contribution in [0.2, 0.25) is 0 Å². The molecule has 0 radical (unpaired) electrons. The summed E-state index contributed by atoms with van der Waals surface area (Å²) < 4.78 is 32.7. The van der Waals surface area contributed by atoms with E-state index in [1.54, 1.807) is 24.5 Å². The minimum atomic E-state index is -3.77. The number of sulfonamides is 1. The Morgan fingerprint density at radius 2 is 1.88 bits per heavy atom. The average Bonchev–Trinajstić information content (AvgIpc) is 2.59. The van der Waals surface area contributed by atoms with Crippen molar-refractivity contribution in [2.45, 2.75) is 31.3 Å². The number of ether oxygens (including phenoxy) is 1. The van der Waals surface area contributed by atoms with E-state index in [9.17, 15) is 13.2 Å². The summed E-state index contributed by atoms with van der Waals surface area (Å²) in [7, 11) is -2.35. The molecule has 2 aromatic rings. The fourth-order valence-electron chi connectivity index (χ4n) is 2.13. The lowest BCUT2D eigenvalue weighted by molar-refractivity contribution is 0.0940. The van der Waals surface area contributed by atoms with Crippen LogP contribution in [0.4, 0.5) is 0 Å². The molecule has 0 saturated heterocycles.